The van der Waals surface area contributed by atoms with Gasteiger partial charge >= 0.3 is 5.97 Å². The molecule has 0 aliphatic carbocycles. The Hall–Kier alpha value is -2.83. The summed E-state index contributed by atoms with van der Waals surface area (Å²) in [5.74, 6) is -0.780. The van der Waals surface area contributed by atoms with E-state index in [4.69, 9.17) is 9.84 Å². The number of amides is 1. The minimum Gasteiger partial charge on any atom is -0.482 e. The van der Waals surface area contributed by atoms with Gasteiger partial charge in [0.25, 0.3) is 0 Å². The second-order valence-electron chi connectivity index (χ2n) is 4.78. The molecule has 2 N–H and O–H groups in total. The molecule has 116 valence electrons. The first-order valence-electron chi connectivity index (χ1n) is 6.75. The summed E-state index contributed by atoms with van der Waals surface area (Å²) >= 11 is 0. The normalized spacial score (nSPS) is 10.2. The average Bonchev–Trinajstić information content (AvgIpc) is 2.89. The van der Waals surface area contributed by atoms with Crippen LogP contribution in [0.5, 0.6) is 5.75 Å². The molecular weight excluding hydrogens is 286 g/mol. The van der Waals surface area contributed by atoms with E-state index in [1.807, 2.05) is 13.2 Å². The lowest BCUT2D eigenvalue weighted by Crippen LogP contribution is -2.13. The largest absolute Gasteiger partial charge is 0.482 e. The third-order valence-corrected chi connectivity index (χ3v) is 2.88. The Morgan fingerprint density at radius 2 is 2.23 bits per heavy atom. The second kappa shape index (κ2) is 7.26. The molecule has 7 heteroatoms. The highest BCUT2D eigenvalue weighted by Gasteiger charge is 2.06. The molecule has 0 atom stereocenters. The number of ether oxygens (including phenoxy) is 1. The highest BCUT2D eigenvalue weighted by molar-refractivity contribution is 5.91. The first-order chi connectivity index (χ1) is 10.5. The zero-order chi connectivity index (χ0) is 15.9. The molecule has 0 saturated carbocycles. The van der Waals surface area contributed by atoms with Gasteiger partial charge < -0.3 is 15.2 Å². The molecule has 7 nitrogen and oxygen atoms in total. The van der Waals surface area contributed by atoms with E-state index in [9.17, 15) is 9.59 Å². The van der Waals surface area contributed by atoms with Gasteiger partial charge in [0.2, 0.25) is 5.91 Å². The number of aryl methyl sites for hydroxylation is 2. The molecule has 0 saturated heterocycles. The molecule has 0 fully saturated rings. The lowest BCUT2D eigenvalue weighted by molar-refractivity contribution is -0.139. The summed E-state index contributed by atoms with van der Waals surface area (Å²) in [6, 6.07) is 6.63. The Balaban J connectivity index is 1.85. The van der Waals surface area contributed by atoms with Crippen LogP contribution in [0.3, 0.4) is 0 Å². The van der Waals surface area contributed by atoms with Crippen LogP contribution in [0.1, 0.15) is 12.0 Å². The Bertz CT molecular complexity index is 666. The van der Waals surface area contributed by atoms with E-state index in [2.05, 4.69) is 10.4 Å². The molecule has 1 aromatic heterocycles. The highest BCUT2D eigenvalue weighted by Crippen LogP contribution is 2.17. The smallest absolute Gasteiger partial charge is 0.341 e. The average molecular weight is 303 g/mol. The molecule has 1 amide bonds. The number of nitrogens with one attached hydrogen (secondary N) is 1. The molecule has 1 heterocycles. The molecule has 1 aromatic carbocycles. The fraction of sp³-hybridized carbons (Fsp3) is 0.267. The fourth-order valence-electron chi connectivity index (χ4n) is 1.89. The van der Waals surface area contributed by atoms with Crippen LogP contribution in [-0.4, -0.2) is 33.4 Å². The van der Waals surface area contributed by atoms with Crippen molar-refractivity contribution in [1.29, 1.82) is 0 Å². The van der Waals surface area contributed by atoms with Gasteiger partial charge in [0.05, 0.1) is 6.20 Å². The van der Waals surface area contributed by atoms with Crippen molar-refractivity contribution in [2.24, 2.45) is 7.05 Å². The van der Waals surface area contributed by atoms with Gasteiger partial charge in [-0.05, 0) is 24.1 Å². The van der Waals surface area contributed by atoms with E-state index in [1.54, 1.807) is 35.1 Å². The van der Waals surface area contributed by atoms with Crippen molar-refractivity contribution in [3.05, 3.63) is 42.2 Å². The van der Waals surface area contributed by atoms with E-state index in [1.165, 1.54) is 0 Å². The Morgan fingerprint density at radius 1 is 1.41 bits per heavy atom. The molecule has 0 aliphatic rings. The maximum Gasteiger partial charge on any atom is 0.341 e. The van der Waals surface area contributed by atoms with Crippen molar-refractivity contribution in [3.63, 3.8) is 0 Å². The summed E-state index contributed by atoms with van der Waals surface area (Å²) in [5.41, 5.74) is 1.57. The minimum absolute atomic E-state index is 0.126. The van der Waals surface area contributed by atoms with Crippen molar-refractivity contribution in [3.8, 4) is 5.75 Å². The van der Waals surface area contributed by atoms with Gasteiger partial charge in [-0.25, -0.2) is 4.79 Å². The minimum atomic E-state index is -1.05. The van der Waals surface area contributed by atoms with Crippen molar-refractivity contribution < 1.29 is 19.4 Å². The van der Waals surface area contributed by atoms with E-state index < -0.39 is 12.6 Å². The number of nitrogens with zero attached hydrogens (tertiary/aromatic N) is 2. The molecule has 0 aliphatic heterocycles. The molecule has 0 spiro atoms. The van der Waals surface area contributed by atoms with Gasteiger partial charge in [-0.1, -0.05) is 6.07 Å². The number of carbonyl (C=O) groups excluding carboxylic acids is 1. The third-order valence-electron chi connectivity index (χ3n) is 2.88. The van der Waals surface area contributed by atoms with Gasteiger partial charge in [-0.3, -0.25) is 9.48 Å². The van der Waals surface area contributed by atoms with Crippen LogP contribution in [0.2, 0.25) is 0 Å². The van der Waals surface area contributed by atoms with Crippen LogP contribution in [-0.2, 0) is 23.1 Å². The summed E-state index contributed by atoms with van der Waals surface area (Å²) in [4.78, 5) is 22.4. The molecule has 22 heavy (non-hydrogen) atoms. The maximum absolute atomic E-state index is 11.9. The quantitative estimate of drug-likeness (QED) is 0.807. The van der Waals surface area contributed by atoms with Crippen molar-refractivity contribution in [1.82, 2.24) is 9.78 Å². The van der Waals surface area contributed by atoms with Crippen molar-refractivity contribution >= 4 is 17.6 Å². The number of rotatable bonds is 7. The zero-order valence-electron chi connectivity index (χ0n) is 12.2. The highest BCUT2D eigenvalue weighted by atomic mass is 16.5. The number of hydrogen-bond acceptors (Lipinski definition) is 4. The SMILES string of the molecule is Cn1cc(CCC(=O)Nc2cccc(OCC(=O)O)c2)cn1. The fourth-order valence-corrected chi connectivity index (χ4v) is 1.89. The van der Waals surface area contributed by atoms with E-state index in [0.29, 0.717) is 24.3 Å². The Morgan fingerprint density at radius 3 is 2.91 bits per heavy atom. The summed E-state index contributed by atoms with van der Waals surface area (Å²) in [6.45, 7) is -0.418. The van der Waals surface area contributed by atoms with Gasteiger partial charge in [0.15, 0.2) is 6.61 Å². The number of carboxylic acids is 1. The van der Waals surface area contributed by atoms with Crippen LogP contribution < -0.4 is 10.1 Å². The summed E-state index contributed by atoms with van der Waals surface area (Å²) in [6.07, 6.45) is 4.54. The molecule has 2 aromatic rings. The van der Waals surface area contributed by atoms with Gasteiger partial charge in [0.1, 0.15) is 5.75 Å². The molecule has 0 unspecified atom stereocenters. The third kappa shape index (κ3) is 4.93. The van der Waals surface area contributed by atoms with Crippen LogP contribution in [0.25, 0.3) is 0 Å². The first-order valence-corrected chi connectivity index (χ1v) is 6.75. The lowest BCUT2D eigenvalue weighted by Gasteiger charge is -2.07. The number of anilines is 1. The maximum atomic E-state index is 11.9. The number of carbonyl (C=O) groups is 2. The van der Waals surface area contributed by atoms with Crippen LogP contribution in [0.4, 0.5) is 5.69 Å². The number of benzene rings is 1. The number of carboxylic acid groups (broad SMARTS) is 1. The second-order valence-corrected chi connectivity index (χ2v) is 4.78. The Labute approximate surface area is 127 Å². The predicted molar refractivity (Wildman–Crippen MR) is 79.7 cm³/mol. The van der Waals surface area contributed by atoms with E-state index in [0.717, 1.165) is 5.56 Å². The summed E-state index contributed by atoms with van der Waals surface area (Å²) in [5, 5.41) is 15.4. The standard InChI is InChI=1S/C15H17N3O4/c1-18-9-11(8-16-18)5-6-14(19)17-12-3-2-4-13(7-12)22-10-15(20)21/h2-4,7-9H,5-6,10H2,1H3,(H,17,19)(H,20,21). The topological polar surface area (TPSA) is 93.5 Å². The summed E-state index contributed by atoms with van der Waals surface area (Å²) in [7, 11) is 1.83. The van der Waals surface area contributed by atoms with Gasteiger partial charge in [0, 0.05) is 31.4 Å². The van der Waals surface area contributed by atoms with Crippen molar-refractivity contribution in [2.45, 2.75) is 12.8 Å². The molecule has 0 bridgehead atoms. The van der Waals surface area contributed by atoms with Crippen molar-refractivity contribution in [2.75, 3.05) is 11.9 Å². The van der Waals surface area contributed by atoms with Crippen LogP contribution in [0, 0.1) is 0 Å². The number of hydrogen-bond donors (Lipinski definition) is 2. The lowest BCUT2D eigenvalue weighted by atomic mass is 10.2. The number of aliphatic carboxylic acids is 1. The van der Waals surface area contributed by atoms with Crippen LogP contribution >= 0.6 is 0 Å². The first kappa shape index (κ1) is 15.6. The van der Waals surface area contributed by atoms with Gasteiger partial charge in [-0.15, -0.1) is 0 Å². The Kier molecular flexibility index (Phi) is 5.13. The zero-order valence-corrected chi connectivity index (χ0v) is 12.2. The molecule has 2 rings (SSSR count). The van der Waals surface area contributed by atoms with E-state index >= 15 is 0 Å². The van der Waals surface area contributed by atoms with Gasteiger partial charge in [-0.2, -0.15) is 5.10 Å². The molecule has 0 radical (unpaired) electrons. The number of aromatic nitrogens is 2. The van der Waals surface area contributed by atoms with Crippen LogP contribution in [0.15, 0.2) is 36.7 Å². The summed E-state index contributed by atoms with van der Waals surface area (Å²) < 4.78 is 6.75. The molecular formula is C15H17N3O4. The monoisotopic (exact) mass is 303 g/mol. The predicted octanol–water partition coefficient (Wildman–Crippen LogP) is 1.45. The van der Waals surface area contributed by atoms with E-state index in [-0.39, 0.29) is 5.91 Å².